The quantitative estimate of drug-likeness (QED) is 0.741. The molecular weight excluding hydrogens is 198 g/mol. The Labute approximate surface area is 100 Å². The molecule has 1 aliphatic heterocycles. The van der Waals surface area contributed by atoms with Gasteiger partial charge in [-0.3, -0.25) is 0 Å². The molecule has 2 fully saturated rings. The van der Waals surface area contributed by atoms with Gasteiger partial charge in [-0.2, -0.15) is 0 Å². The van der Waals surface area contributed by atoms with Crippen molar-refractivity contribution in [2.75, 3.05) is 13.1 Å². The first kappa shape index (κ1) is 12.4. The lowest BCUT2D eigenvalue weighted by atomic mass is 9.65. The van der Waals surface area contributed by atoms with Crippen LogP contribution in [0.1, 0.15) is 53.4 Å². The number of hydrogen-bond donors (Lipinski definition) is 1. The van der Waals surface area contributed by atoms with Crippen molar-refractivity contribution in [3.8, 4) is 0 Å². The predicted molar refractivity (Wildman–Crippen MR) is 67.6 cm³/mol. The maximum absolute atomic E-state index is 6.41. The standard InChI is InChI=1S/C14H27NO/c1-5-12-9-15-10-14(16-12)7-6-13(3,4)8-11(14)2/h11-12,15H,5-10H2,1-4H3. The molecule has 0 bridgehead atoms. The molecule has 1 N–H and O–H groups in total. The van der Waals surface area contributed by atoms with Gasteiger partial charge in [-0.1, -0.05) is 27.7 Å². The monoisotopic (exact) mass is 225 g/mol. The molecule has 2 rings (SSSR count). The first-order valence-electron chi connectivity index (χ1n) is 6.86. The Kier molecular flexibility index (Phi) is 3.33. The molecule has 1 saturated carbocycles. The first-order valence-corrected chi connectivity index (χ1v) is 6.86. The average Bonchev–Trinajstić information content (AvgIpc) is 2.25. The van der Waals surface area contributed by atoms with Crippen LogP contribution in [0.2, 0.25) is 0 Å². The van der Waals surface area contributed by atoms with E-state index < -0.39 is 0 Å². The van der Waals surface area contributed by atoms with Crippen LogP contribution < -0.4 is 5.32 Å². The Hall–Kier alpha value is -0.0800. The normalized spacial score (nSPS) is 43.5. The maximum atomic E-state index is 6.41. The number of hydrogen-bond acceptors (Lipinski definition) is 2. The highest BCUT2D eigenvalue weighted by molar-refractivity contribution is 4.99. The van der Waals surface area contributed by atoms with E-state index in [0.717, 1.165) is 19.5 Å². The molecule has 94 valence electrons. The summed E-state index contributed by atoms with van der Waals surface area (Å²) in [7, 11) is 0. The fourth-order valence-electron chi connectivity index (χ4n) is 3.44. The second-order valence-corrected chi connectivity index (χ2v) is 6.61. The molecule has 1 saturated heterocycles. The van der Waals surface area contributed by atoms with E-state index in [1.807, 2.05) is 0 Å². The van der Waals surface area contributed by atoms with Crippen molar-refractivity contribution in [3.05, 3.63) is 0 Å². The van der Waals surface area contributed by atoms with Crippen molar-refractivity contribution < 1.29 is 4.74 Å². The van der Waals surface area contributed by atoms with E-state index in [1.54, 1.807) is 0 Å². The molecule has 16 heavy (non-hydrogen) atoms. The largest absolute Gasteiger partial charge is 0.369 e. The minimum atomic E-state index is 0.133. The van der Waals surface area contributed by atoms with Crippen LogP contribution in [0, 0.1) is 11.3 Å². The van der Waals surface area contributed by atoms with Gasteiger partial charge in [-0.15, -0.1) is 0 Å². The van der Waals surface area contributed by atoms with Crippen LogP contribution in [-0.4, -0.2) is 24.8 Å². The maximum Gasteiger partial charge on any atom is 0.0836 e. The third kappa shape index (κ3) is 2.28. The second kappa shape index (κ2) is 4.30. The molecule has 1 heterocycles. The highest BCUT2D eigenvalue weighted by Crippen LogP contribution is 2.46. The summed E-state index contributed by atoms with van der Waals surface area (Å²) >= 11 is 0. The summed E-state index contributed by atoms with van der Waals surface area (Å²) < 4.78 is 6.41. The van der Waals surface area contributed by atoms with Crippen LogP contribution in [0.4, 0.5) is 0 Å². The molecule has 2 heteroatoms. The Morgan fingerprint density at radius 2 is 2.06 bits per heavy atom. The fraction of sp³-hybridized carbons (Fsp3) is 1.00. The van der Waals surface area contributed by atoms with E-state index in [0.29, 0.717) is 17.4 Å². The minimum absolute atomic E-state index is 0.133. The third-order valence-electron chi connectivity index (χ3n) is 4.63. The summed E-state index contributed by atoms with van der Waals surface area (Å²) in [4.78, 5) is 0. The lowest BCUT2D eigenvalue weighted by Crippen LogP contribution is -2.59. The lowest BCUT2D eigenvalue weighted by molar-refractivity contribution is -0.172. The Morgan fingerprint density at radius 3 is 2.69 bits per heavy atom. The smallest absolute Gasteiger partial charge is 0.0836 e. The zero-order chi connectivity index (χ0) is 11.8. The molecule has 0 aromatic rings. The van der Waals surface area contributed by atoms with Crippen molar-refractivity contribution in [2.24, 2.45) is 11.3 Å². The summed E-state index contributed by atoms with van der Waals surface area (Å²) in [6, 6.07) is 0. The molecule has 2 nitrogen and oxygen atoms in total. The van der Waals surface area contributed by atoms with E-state index in [9.17, 15) is 0 Å². The van der Waals surface area contributed by atoms with E-state index in [4.69, 9.17) is 4.74 Å². The van der Waals surface area contributed by atoms with Gasteiger partial charge in [0.15, 0.2) is 0 Å². The second-order valence-electron chi connectivity index (χ2n) is 6.61. The lowest BCUT2D eigenvalue weighted by Gasteiger charge is -2.52. The zero-order valence-corrected chi connectivity index (χ0v) is 11.3. The molecule has 0 aromatic heterocycles. The van der Waals surface area contributed by atoms with Gasteiger partial charge in [-0.05, 0) is 37.0 Å². The summed E-state index contributed by atoms with van der Waals surface area (Å²) in [5.41, 5.74) is 0.641. The van der Waals surface area contributed by atoms with Gasteiger partial charge in [0.1, 0.15) is 0 Å². The van der Waals surface area contributed by atoms with E-state index >= 15 is 0 Å². The van der Waals surface area contributed by atoms with Gasteiger partial charge in [0.2, 0.25) is 0 Å². The van der Waals surface area contributed by atoms with Gasteiger partial charge in [-0.25, -0.2) is 0 Å². The van der Waals surface area contributed by atoms with E-state index in [-0.39, 0.29) is 5.60 Å². The molecule has 3 atom stereocenters. The van der Waals surface area contributed by atoms with Gasteiger partial charge in [0, 0.05) is 13.1 Å². The summed E-state index contributed by atoms with van der Waals surface area (Å²) in [6.45, 7) is 11.5. The van der Waals surface area contributed by atoms with Crippen molar-refractivity contribution in [1.82, 2.24) is 5.32 Å². The highest BCUT2D eigenvalue weighted by atomic mass is 16.5. The zero-order valence-electron chi connectivity index (χ0n) is 11.3. The highest BCUT2D eigenvalue weighted by Gasteiger charge is 2.47. The summed E-state index contributed by atoms with van der Waals surface area (Å²) in [6.07, 6.45) is 5.38. The van der Waals surface area contributed by atoms with Crippen LogP contribution in [0.5, 0.6) is 0 Å². The average molecular weight is 225 g/mol. The van der Waals surface area contributed by atoms with E-state index in [2.05, 4.69) is 33.0 Å². The van der Waals surface area contributed by atoms with Crippen molar-refractivity contribution >= 4 is 0 Å². The number of morpholine rings is 1. The first-order chi connectivity index (χ1) is 7.47. The van der Waals surface area contributed by atoms with E-state index in [1.165, 1.54) is 19.3 Å². The van der Waals surface area contributed by atoms with Gasteiger partial charge in [0.05, 0.1) is 11.7 Å². The van der Waals surface area contributed by atoms with Crippen LogP contribution in [0.15, 0.2) is 0 Å². The SMILES string of the molecule is CCC1CNCC2(CCC(C)(C)CC2C)O1. The van der Waals surface area contributed by atoms with Gasteiger partial charge < -0.3 is 10.1 Å². The summed E-state index contributed by atoms with van der Waals surface area (Å²) in [5, 5.41) is 3.58. The molecular formula is C14H27NO. The Bertz CT molecular complexity index is 251. The minimum Gasteiger partial charge on any atom is -0.369 e. The molecule has 1 aliphatic carbocycles. The van der Waals surface area contributed by atoms with Crippen molar-refractivity contribution in [3.63, 3.8) is 0 Å². The Balaban J connectivity index is 2.07. The molecule has 0 radical (unpaired) electrons. The summed E-state index contributed by atoms with van der Waals surface area (Å²) in [5.74, 6) is 0.679. The molecule has 0 aromatic carbocycles. The topological polar surface area (TPSA) is 21.3 Å². The fourth-order valence-corrected chi connectivity index (χ4v) is 3.44. The van der Waals surface area contributed by atoms with Crippen molar-refractivity contribution in [1.29, 1.82) is 0 Å². The molecule has 3 unspecified atom stereocenters. The predicted octanol–water partition coefficient (Wildman–Crippen LogP) is 2.97. The number of rotatable bonds is 1. The Morgan fingerprint density at radius 1 is 1.31 bits per heavy atom. The van der Waals surface area contributed by atoms with Crippen LogP contribution >= 0.6 is 0 Å². The van der Waals surface area contributed by atoms with Crippen LogP contribution in [0.25, 0.3) is 0 Å². The van der Waals surface area contributed by atoms with Crippen molar-refractivity contribution in [2.45, 2.75) is 65.1 Å². The molecule has 2 aliphatic rings. The molecule has 1 spiro atoms. The third-order valence-corrected chi connectivity index (χ3v) is 4.63. The number of nitrogens with one attached hydrogen (secondary N) is 1. The molecule has 0 amide bonds. The number of ether oxygens (including phenoxy) is 1. The van der Waals surface area contributed by atoms with Gasteiger partial charge >= 0.3 is 0 Å². The van der Waals surface area contributed by atoms with Crippen LogP contribution in [-0.2, 0) is 4.74 Å². The van der Waals surface area contributed by atoms with Gasteiger partial charge in [0.25, 0.3) is 0 Å². The van der Waals surface area contributed by atoms with Crippen LogP contribution in [0.3, 0.4) is 0 Å².